The van der Waals surface area contributed by atoms with Gasteiger partial charge in [-0.25, -0.2) is 0 Å². The molecule has 0 radical (unpaired) electrons. The van der Waals surface area contributed by atoms with Crippen LogP contribution in [-0.4, -0.2) is 48.2 Å². The number of rotatable bonds is 3. The van der Waals surface area contributed by atoms with Crippen LogP contribution in [0, 0.1) is 0 Å². The lowest BCUT2D eigenvalue weighted by Gasteiger charge is -2.12. The van der Waals surface area contributed by atoms with Crippen LogP contribution < -0.4 is 5.32 Å². The number of aliphatic hydroxyl groups is 1. The Morgan fingerprint density at radius 3 is 2.92 bits per heavy atom. The van der Waals surface area contributed by atoms with Crippen LogP contribution in [0.3, 0.4) is 0 Å². The SMILES string of the molecule is C[C@H](O)CNC1CCN(C)C1=O. The summed E-state index contributed by atoms with van der Waals surface area (Å²) in [6.07, 6.45) is 0.464. The van der Waals surface area contributed by atoms with Crippen LogP contribution in [0.15, 0.2) is 0 Å². The van der Waals surface area contributed by atoms with Gasteiger partial charge in [-0.05, 0) is 13.3 Å². The highest BCUT2D eigenvalue weighted by Crippen LogP contribution is 2.07. The number of hydrogen-bond acceptors (Lipinski definition) is 3. The summed E-state index contributed by atoms with van der Waals surface area (Å²) in [5.74, 6) is 0.135. The molecule has 4 heteroatoms. The minimum atomic E-state index is -0.385. The summed E-state index contributed by atoms with van der Waals surface area (Å²) >= 11 is 0. The van der Waals surface area contributed by atoms with Crippen molar-refractivity contribution in [2.24, 2.45) is 0 Å². The lowest BCUT2D eigenvalue weighted by Crippen LogP contribution is -2.40. The van der Waals surface area contributed by atoms with Crippen molar-refractivity contribution >= 4 is 5.91 Å². The molecule has 0 saturated carbocycles. The molecule has 1 unspecified atom stereocenters. The summed E-state index contributed by atoms with van der Waals surface area (Å²) in [6.45, 7) is 3.01. The molecule has 0 bridgehead atoms. The second-order valence-electron chi connectivity index (χ2n) is 3.36. The first-order valence-electron chi connectivity index (χ1n) is 4.27. The van der Waals surface area contributed by atoms with Crippen molar-refractivity contribution < 1.29 is 9.90 Å². The van der Waals surface area contributed by atoms with E-state index < -0.39 is 0 Å². The molecule has 1 saturated heterocycles. The molecule has 12 heavy (non-hydrogen) atoms. The van der Waals surface area contributed by atoms with Crippen molar-refractivity contribution in [3.8, 4) is 0 Å². The smallest absolute Gasteiger partial charge is 0.239 e. The number of likely N-dealkylation sites (N-methyl/N-ethyl adjacent to an activating group) is 1. The Morgan fingerprint density at radius 2 is 2.50 bits per heavy atom. The fourth-order valence-electron chi connectivity index (χ4n) is 1.32. The maximum Gasteiger partial charge on any atom is 0.239 e. The minimum Gasteiger partial charge on any atom is -0.392 e. The van der Waals surface area contributed by atoms with E-state index in [9.17, 15) is 4.79 Å². The molecule has 0 spiro atoms. The number of hydrogen-bond donors (Lipinski definition) is 2. The first-order chi connectivity index (χ1) is 5.61. The third-order valence-electron chi connectivity index (χ3n) is 2.09. The van der Waals surface area contributed by atoms with E-state index in [1.807, 2.05) is 0 Å². The standard InChI is InChI=1S/C8H16N2O2/c1-6(11)5-9-7-3-4-10(2)8(7)12/h6-7,9,11H,3-5H2,1-2H3/t6-,7?/m0/s1. The normalized spacial score (nSPS) is 26.4. The average molecular weight is 172 g/mol. The van der Waals surface area contributed by atoms with Gasteiger partial charge in [0.25, 0.3) is 0 Å². The first kappa shape index (κ1) is 9.48. The van der Waals surface area contributed by atoms with Crippen LogP contribution in [-0.2, 0) is 4.79 Å². The average Bonchev–Trinajstić information content (AvgIpc) is 2.30. The Hall–Kier alpha value is -0.610. The van der Waals surface area contributed by atoms with E-state index in [4.69, 9.17) is 5.11 Å². The lowest BCUT2D eigenvalue weighted by atomic mass is 10.2. The number of carbonyl (C=O) groups is 1. The van der Waals surface area contributed by atoms with Crippen LogP contribution in [0.1, 0.15) is 13.3 Å². The fourth-order valence-corrected chi connectivity index (χ4v) is 1.32. The van der Waals surface area contributed by atoms with Gasteiger partial charge >= 0.3 is 0 Å². The zero-order valence-electron chi connectivity index (χ0n) is 7.58. The lowest BCUT2D eigenvalue weighted by molar-refractivity contribution is -0.128. The highest BCUT2D eigenvalue weighted by molar-refractivity contribution is 5.83. The maximum absolute atomic E-state index is 11.3. The Kier molecular flexibility index (Phi) is 3.05. The molecule has 1 heterocycles. The van der Waals surface area contributed by atoms with Gasteiger partial charge in [0.1, 0.15) is 0 Å². The molecule has 0 aromatic heterocycles. The van der Waals surface area contributed by atoms with Gasteiger partial charge in [0.2, 0.25) is 5.91 Å². The molecule has 1 rings (SSSR count). The highest BCUT2D eigenvalue weighted by Gasteiger charge is 2.28. The summed E-state index contributed by atoms with van der Waals surface area (Å²) in [4.78, 5) is 13.0. The van der Waals surface area contributed by atoms with Crippen molar-refractivity contribution in [3.63, 3.8) is 0 Å². The number of likely N-dealkylation sites (tertiary alicyclic amines) is 1. The van der Waals surface area contributed by atoms with Gasteiger partial charge in [-0.3, -0.25) is 4.79 Å². The predicted octanol–water partition coefficient (Wildman–Crippen LogP) is -0.812. The molecule has 1 aliphatic heterocycles. The van der Waals surface area contributed by atoms with Gasteiger partial charge in [-0.2, -0.15) is 0 Å². The van der Waals surface area contributed by atoms with Gasteiger partial charge in [-0.1, -0.05) is 0 Å². The van der Waals surface area contributed by atoms with Crippen molar-refractivity contribution in [1.82, 2.24) is 10.2 Å². The van der Waals surface area contributed by atoms with Crippen molar-refractivity contribution in [2.75, 3.05) is 20.1 Å². The molecular formula is C8H16N2O2. The fraction of sp³-hybridized carbons (Fsp3) is 0.875. The summed E-state index contributed by atoms with van der Waals surface area (Å²) in [7, 11) is 1.80. The van der Waals surface area contributed by atoms with Crippen molar-refractivity contribution in [2.45, 2.75) is 25.5 Å². The summed E-state index contributed by atoms with van der Waals surface area (Å²) in [5.41, 5.74) is 0. The highest BCUT2D eigenvalue weighted by atomic mass is 16.3. The minimum absolute atomic E-state index is 0.0791. The van der Waals surface area contributed by atoms with Crippen LogP contribution in [0.2, 0.25) is 0 Å². The van der Waals surface area contributed by atoms with Crippen LogP contribution in [0.4, 0.5) is 0 Å². The quantitative estimate of drug-likeness (QED) is 0.585. The monoisotopic (exact) mass is 172 g/mol. The Morgan fingerprint density at radius 1 is 1.83 bits per heavy atom. The molecular weight excluding hydrogens is 156 g/mol. The summed E-state index contributed by atoms with van der Waals surface area (Å²) < 4.78 is 0. The number of nitrogens with one attached hydrogen (secondary N) is 1. The van der Waals surface area contributed by atoms with E-state index in [1.165, 1.54) is 0 Å². The predicted molar refractivity (Wildman–Crippen MR) is 45.7 cm³/mol. The molecule has 0 aliphatic carbocycles. The third kappa shape index (κ3) is 2.19. The number of carbonyl (C=O) groups excluding carboxylic acids is 1. The molecule has 0 aromatic rings. The maximum atomic E-state index is 11.3. The Bertz CT molecular complexity index is 170. The second-order valence-corrected chi connectivity index (χ2v) is 3.36. The largest absolute Gasteiger partial charge is 0.392 e. The summed E-state index contributed by atoms with van der Waals surface area (Å²) in [6, 6.07) is -0.0791. The van der Waals surface area contributed by atoms with E-state index in [0.29, 0.717) is 6.54 Å². The second kappa shape index (κ2) is 3.87. The summed E-state index contributed by atoms with van der Waals surface area (Å²) in [5, 5.41) is 12.0. The molecule has 2 atom stereocenters. The Balaban J connectivity index is 2.30. The zero-order valence-corrected chi connectivity index (χ0v) is 7.58. The zero-order chi connectivity index (χ0) is 9.14. The van der Waals surface area contributed by atoms with Crippen LogP contribution in [0.25, 0.3) is 0 Å². The van der Waals surface area contributed by atoms with E-state index in [2.05, 4.69) is 5.32 Å². The molecule has 1 aliphatic rings. The molecule has 0 aromatic carbocycles. The molecule has 1 amide bonds. The van der Waals surface area contributed by atoms with Gasteiger partial charge in [0.15, 0.2) is 0 Å². The molecule has 70 valence electrons. The molecule has 4 nitrogen and oxygen atoms in total. The van der Waals surface area contributed by atoms with Gasteiger partial charge < -0.3 is 15.3 Å². The number of aliphatic hydroxyl groups excluding tert-OH is 1. The molecule has 2 N–H and O–H groups in total. The van der Waals surface area contributed by atoms with Crippen LogP contribution in [0.5, 0.6) is 0 Å². The topological polar surface area (TPSA) is 52.6 Å². The molecule has 1 fully saturated rings. The van der Waals surface area contributed by atoms with E-state index >= 15 is 0 Å². The van der Waals surface area contributed by atoms with Gasteiger partial charge in [-0.15, -0.1) is 0 Å². The van der Waals surface area contributed by atoms with E-state index in [0.717, 1.165) is 13.0 Å². The van der Waals surface area contributed by atoms with Crippen LogP contribution >= 0.6 is 0 Å². The van der Waals surface area contributed by atoms with Crippen molar-refractivity contribution in [1.29, 1.82) is 0 Å². The number of amides is 1. The number of nitrogens with zero attached hydrogens (tertiary/aromatic N) is 1. The first-order valence-corrected chi connectivity index (χ1v) is 4.27. The van der Waals surface area contributed by atoms with E-state index in [1.54, 1.807) is 18.9 Å². The Labute approximate surface area is 72.6 Å². The van der Waals surface area contributed by atoms with Crippen molar-refractivity contribution in [3.05, 3.63) is 0 Å². The van der Waals surface area contributed by atoms with Gasteiger partial charge in [0.05, 0.1) is 12.1 Å². The van der Waals surface area contributed by atoms with Gasteiger partial charge in [0, 0.05) is 20.1 Å². The third-order valence-corrected chi connectivity index (χ3v) is 2.09. The van der Waals surface area contributed by atoms with E-state index in [-0.39, 0.29) is 18.1 Å².